The number of benzene rings is 1. The summed E-state index contributed by atoms with van der Waals surface area (Å²) in [5.41, 5.74) is 0.913. The molecule has 0 amide bonds. The second-order valence-corrected chi connectivity index (χ2v) is 6.14. The number of aromatic nitrogens is 1. The molecule has 0 N–H and O–H groups in total. The highest BCUT2D eigenvalue weighted by Gasteiger charge is 2.42. The van der Waals surface area contributed by atoms with Crippen molar-refractivity contribution >= 4 is 16.7 Å². The van der Waals surface area contributed by atoms with Crippen LogP contribution in [0.4, 0.5) is 0 Å². The standard InChI is InChI=1S/C18H21NO2/c1-13-5-3-9-18(12-13,21-2)17(20)15-8-7-14-6-4-10-19-16(14)11-15/h4,6-8,10-11,13H,3,5,9,12H2,1-2H3. The van der Waals surface area contributed by atoms with Crippen LogP contribution in [0.3, 0.4) is 0 Å². The van der Waals surface area contributed by atoms with Crippen molar-refractivity contribution in [2.75, 3.05) is 7.11 Å². The highest BCUT2D eigenvalue weighted by Crippen LogP contribution is 2.37. The minimum absolute atomic E-state index is 0.101. The molecule has 2 atom stereocenters. The van der Waals surface area contributed by atoms with Crippen LogP contribution >= 0.6 is 0 Å². The van der Waals surface area contributed by atoms with E-state index in [4.69, 9.17) is 4.74 Å². The lowest BCUT2D eigenvalue weighted by molar-refractivity contribution is -0.0302. The molecule has 0 radical (unpaired) electrons. The summed E-state index contributed by atoms with van der Waals surface area (Å²) in [6.45, 7) is 2.20. The van der Waals surface area contributed by atoms with Gasteiger partial charge in [0, 0.05) is 24.3 Å². The first-order valence-corrected chi connectivity index (χ1v) is 7.59. The fourth-order valence-corrected chi connectivity index (χ4v) is 3.46. The number of carbonyl (C=O) groups is 1. The maximum absolute atomic E-state index is 13.0. The van der Waals surface area contributed by atoms with Crippen LogP contribution in [0.5, 0.6) is 0 Å². The third-order valence-corrected chi connectivity index (χ3v) is 4.63. The second-order valence-electron chi connectivity index (χ2n) is 6.14. The summed E-state index contributed by atoms with van der Waals surface area (Å²) in [6.07, 6.45) is 5.60. The summed E-state index contributed by atoms with van der Waals surface area (Å²) < 4.78 is 5.71. The molecule has 21 heavy (non-hydrogen) atoms. The number of fused-ring (bicyclic) bond motifs is 1. The van der Waals surface area contributed by atoms with Crippen LogP contribution < -0.4 is 0 Å². The topological polar surface area (TPSA) is 39.2 Å². The Morgan fingerprint density at radius 3 is 3.00 bits per heavy atom. The molecule has 110 valence electrons. The van der Waals surface area contributed by atoms with Gasteiger partial charge in [0.05, 0.1) is 5.52 Å². The molecule has 1 aliphatic carbocycles. The number of hydrogen-bond donors (Lipinski definition) is 0. The Labute approximate surface area is 125 Å². The molecule has 0 aliphatic heterocycles. The van der Waals surface area contributed by atoms with Gasteiger partial charge >= 0.3 is 0 Å². The van der Waals surface area contributed by atoms with Crippen LogP contribution in [-0.2, 0) is 4.74 Å². The monoisotopic (exact) mass is 283 g/mol. The van der Waals surface area contributed by atoms with Gasteiger partial charge in [-0.3, -0.25) is 9.78 Å². The lowest BCUT2D eigenvalue weighted by atomic mass is 9.75. The van der Waals surface area contributed by atoms with E-state index in [0.717, 1.165) is 30.2 Å². The first-order chi connectivity index (χ1) is 10.1. The van der Waals surface area contributed by atoms with E-state index in [-0.39, 0.29) is 5.78 Å². The Kier molecular flexibility index (Phi) is 3.77. The van der Waals surface area contributed by atoms with Crippen LogP contribution in [0.1, 0.15) is 43.0 Å². The van der Waals surface area contributed by atoms with E-state index >= 15 is 0 Å². The highest BCUT2D eigenvalue weighted by molar-refractivity contribution is 6.04. The molecule has 1 saturated carbocycles. The molecule has 1 fully saturated rings. The van der Waals surface area contributed by atoms with Crippen LogP contribution in [0, 0.1) is 5.92 Å². The number of Topliss-reactive ketones (excluding diaryl/α,β-unsaturated/α-hetero) is 1. The van der Waals surface area contributed by atoms with E-state index in [2.05, 4.69) is 11.9 Å². The first-order valence-electron chi connectivity index (χ1n) is 7.59. The van der Waals surface area contributed by atoms with Crippen molar-refractivity contribution < 1.29 is 9.53 Å². The molecular formula is C18H21NO2. The van der Waals surface area contributed by atoms with Gasteiger partial charge in [-0.2, -0.15) is 0 Å². The molecular weight excluding hydrogens is 262 g/mol. The highest BCUT2D eigenvalue weighted by atomic mass is 16.5. The average Bonchev–Trinajstić information content (AvgIpc) is 2.53. The van der Waals surface area contributed by atoms with E-state index in [1.54, 1.807) is 13.3 Å². The van der Waals surface area contributed by atoms with Crippen molar-refractivity contribution in [1.29, 1.82) is 0 Å². The van der Waals surface area contributed by atoms with Crippen LogP contribution in [-0.4, -0.2) is 23.5 Å². The maximum atomic E-state index is 13.0. The molecule has 2 unspecified atom stereocenters. The summed E-state index contributed by atoms with van der Waals surface area (Å²) in [5.74, 6) is 0.630. The van der Waals surface area contributed by atoms with E-state index in [1.807, 2.05) is 30.3 Å². The van der Waals surface area contributed by atoms with Gasteiger partial charge in [-0.15, -0.1) is 0 Å². The molecule has 1 aromatic carbocycles. The molecule has 0 spiro atoms. The molecule has 3 rings (SSSR count). The number of ketones is 1. The van der Waals surface area contributed by atoms with Crippen molar-refractivity contribution in [3.8, 4) is 0 Å². The first kappa shape index (κ1) is 14.2. The number of ether oxygens (including phenoxy) is 1. The van der Waals surface area contributed by atoms with E-state index in [9.17, 15) is 4.79 Å². The van der Waals surface area contributed by atoms with Gasteiger partial charge < -0.3 is 4.74 Å². The molecule has 0 bridgehead atoms. The third kappa shape index (κ3) is 2.58. The van der Waals surface area contributed by atoms with Gasteiger partial charge in [0.1, 0.15) is 5.60 Å². The summed E-state index contributed by atoms with van der Waals surface area (Å²) in [6, 6.07) is 9.66. The van der Waals surface area contributed by atoms with Crippen LogP contribution in [0.15, 0.2) is 36.5 Å². The predicted molar refractivity (Wildman–Crippen MR) is 83.4 cm³/mol. The SMILES string of the molecule is COC1(C(=O)c2ccc3cccnc3c2)CCCC(C)C1. The van der Waals surface area contributed by atoms with E-state index < -0.39 is 5.60 Å². The molecule has 3 nitrogen and oxygen atoms in total. The second kappa shape index (κ2) is 5.57. The summed E-state index contributed by atoms with van der Waals surface area (Å²) >= 11 is 0. The zero-order valence-corrected chi connectivity index (χ0v) is 12.6. The Balaban J connectivity index is 1.98. The van der Waals surface area contributed by atoms with Crippen LogP contribution in [0.2, 0.25) is 0 Å². The molecule has 1 aromatic heterocycles. The summed E-state index contributed by atoms with van der Waals surface area (Å²) in [5, 5.41) is 1.05. The van der Waals surface area contributed by atoms with Gasteiger partial charge in [0.2, 0.25) is 0 Å². The van der Waals surface area contributed by atoms with E-state index in [0.29, 0.717) is 11.5 Å². The van der Waals surface area contributed by atoms with Crippen molar-refractivity contribution in [2.24, 2.45) is 5.92 Å². The predicted octanol–water partition coefficient (Wildman–Crippen LogP) is 4.01. The number of nitrogens with zero attached hydrogens (tertiary/aromatic N) is 1. The zero-order valence-electron chi connectivity index (χ0n) is 12.6. The normalized spacial score (nSPS) is 25.9. The van der Waals surface area contributed by atoms with Crippen molar-refractivity contribution in [3.05, 3.63) is 42.1 Å². The number of methoxy groups -OCH3 is 1. The Bertz CT molecular complexity index is 667. The van der Waals surface area contributed by atoms with E-state index in [1.165, 1.54) is 6.42 Å². The lowest BCUT2D eigenvalue weighted by Gasteiger charge is -2.37. The Morgan fingerprint density at radius 2 is 2.24 bits per heavy atom. The van der Waals surface area contributed by atoms with Crippen molar-refractivity contribution in [3.63, 3.8) is 0 Å². The quantitative estimate of drug-likeness (QED) is 0.799. The lowest BCUT2D eigenvalue weighted by Crippen LogP contribution is -2.44. The molecule has 1 heterocycles. The Morgan fingerprint density at radius 1 is 1.38 bits per heavy atom. The number of carbonyl (C=O) groups excluding carboxylic acids is 1. The van der Waals surface area contributed by atoms with Gasteiger partial charge in [-0.1, -0.05) is 31.5 Å². The van der Waals surface area contributed by atoms with Crippen LogP contribution in [0.25, 0.3) is 10.9 Å². The molecule has 0 saturated heterocycles. The van der Waals surface area contributed by atoms with Gasteiger partial charge in [0.25, 0.3) is 0 Å². The minimum atomic E-state index is -0.653. The average molecular weight is 283 g/mol. The number of rotatable bonds is 3. The smallest absolute Gasteiger partial charge is 0.194 e. The van der Waals surface area contributed by atoms with Gasteiger partial charge in [0.15, 0.2) is 5.78 Å². The number of hydrogen-bond acceptors (Lipinski definition) is 3. The van der Waals surface area contributed by atoms with Crippen molar-refractivity contribution in [1.82, 2.24) is 4.98 Å². The largest absolute Gasteiger partial charge is 0.370 e. The fraction of sp³-hybridized carbons (Fsp3) is 0.444. The third-order valence-electron chi connectivity index (χ3n) is 4.63. The molecule has 3 heteroatoms. The summed E-state index contributed by atoms with van der Waals surface area (Å²) in [7, 11) is 1.66. The fourth-order valence-electron chi connectivity index (χ4n) is 3.46. The molecule has 1 aliphatic rings. The van der Waals surface area contributed by atoms with Gasteiger partial charge in [-0.25, -0.2) is 0 Å². The summed E-state index contributed by atoms with van der Waals surface area (Å²) in [4.78, 5) is 17.3. The van der Waals surface area contributed by atoms with Gasteiger partial charge in [-0.05, 0) is 37.3 Å². The van der Waals surface area contributed by atoms with Crippen molar-refractivity contribution in [2.45, 2.75) is 38.2 Å². The molecule has 2 aromatic rings. The number of pyridine rings is 1. The zero-order chi connectivity index (χ0) is 14.9. The maximum Gasteiger partial charge on any atom is 0.194 e. The minimum Gasteiger partial charge on any atom is -0.370 e. The Hall–Kier alpha value is -1.74.